The summed E-state index contributed by atoms with van der Waals surface area (Å²) >= 11 is 0. The lowest BCUT2D eigenvalue weighted by Crippen LogP contribution is -2.35. The minimum Gasteiger partial charge on any atom is -0.327 e. The Labute approximate surface area is 113 Å². The smallest absolute Gasteiger partial charge is 0.115 e. The second-order valence-electron chi connectivity index (χ2n) is 5.20. The van der Waals surface area contributed by atoms with Gasteiger partial charge in [0.05, 0.1) is 24.3 Å². The maximum absolute atomic E-state index is 4.30. The van der Waals surface area contributed by atoms with Gasteiger partial charge in [0, 0.05) is 24.5 Å². The molecule has 2 aromatic rings. The number of hydrogen-bond donors (Lipinski definition) is 1. The van der Waals surface area contributed by atoms with Crippen LogP contribution in [0.4, 0.5) is 0 Å². The van der Waals surface area contributed by atoms with E-state index in [2.05, 4.69) is 31.8 Å². The normalized spacial score (nSPS) is 23.4. The zero-order valence-corrected chi connectivity index (χ0v) is 11.2. The van der Waals surface area contributed by atoms with Gasteiger partial charge in [-0.1, -0.05) is 0 Å². The Morgan fingerprint density at radius 2 is 2.32 bits per heavy atom. The quantitative estimate of drug-likeness (QED) is 0.912. The molecule has 3 rings (SSSR count). The number of imidazole rings is 1. The molecule has 1 fully saturated rings. The molecule has 0 radical (unpaired) electrons. The van der Waals surface area contributed by atoms with Crippen LogP contribution in [0.3, 0.4) is 0 Å². The van der Waals surface area contributed by atoms with Crippen molar-refractivity contribution in [3.05, 3.63) is 42.5 Å². The van der Waals surface area contributed by atoms with Crippen molar-refractivity contribution in [1.82, 2.24) is 24.8 Å². The van der Waals surface area contributed by atoms with E-state index in [0.717, 1.165) is 12.2 Å². The van der Waals surface area contributed by atoms with Crippen LogP contribution >= 0.6 is 0 Å². The van der Waals surface area contributed by atoms with Gasteiger partial charge < -0.3 is 9.88 Å². The first-order chi connectivity index (χ1) is 9.33. The molecule has 3 heterocycles. The van der Waals surface area contributed by atoms with E-state index >= 15 is 0 Å². The Bertz CT molecular complexity index is 522. The summed E-state index contributed by atoms with van der Waals surface area (Å²) in [6, 6.07) is 2.94. The zero-order valence-electron chi connectivity index (χ0n) is 11.2. The van der Waals surface area contributed by atoms with Crippen LogP contribution in [0.1, 0.15) is 43.6 Å². The maximum atomic E-state index is 4.30. The van der Waals surface area contributed by atoms with E-state index in [1.165, 1.54) is 25.0 Å². The second-order valence-corrected chi connectivity index (χ2v) is 5.20. The largest absolute Gasteiger partial charge is 0.327 e. The maximum Gasteiger partial charge on any atom is 0.115 e. The Hall–Kier alpha value is -1.75. The third kappa shape index (κ3) is 2.81. The molecule has 0 saturated carbocycles. The minimum atomic E-state index is 0.410. The van der Waals surface area contributed by atoms with Gasteiger partial charge in [0.15, 0.2) is 0 Å². The summed E-state index contributed by atoms with van der Waals surface area (Å²) in [4.78, 5) is 12.5. The van der Waals surface area contributed by atoms with Crippen LogP contribution in [0.5, 0.6) is 0 Å². The van der Waals surface area contributed by atoms with Crippen molar-refractivity contribution >= 4 is 0 Å². The first kappa shape index (κ1) is 12.3. The van der Waals surface area contributed by atoms with E-state index in [0.29, 0.717) is 12.1 Å². The first-order valence-corrected chi connectivity index (χ1v) is 6.84. The molecule has 100 valence electrons. The van der Waals surface area contributed by atoms with Crippen molar-refractivity contribution in [2.75, 3.05) is 0 Å². The number of piperidine rings is 1. The summed E-state index contributed by atoms with van der Waals surface area (Å²) in [7, 11) is 0. The van der Waals surface area contributed by atoms with E-state index in [9.17, 15) is 0 Å². The standard InChI is InChI=1S/C14H19N5/c1-11-3-2-4-13(18-11)14-7-16-10-19(14)8-12-5-6-15-9-17-12/h5-7,9-11,13,18H,2-4,8H2,1H3. The molecule has 2 unspecified atom stereocenters. The highest BCUT2D eigenvalue weighted by Crippen LogP contribution is 2.25. The molecule has 1 saturated heterocycles. The van der Waals surface area contributed by atoms with Crippen molar-refractivity contribution in [3.8, 4) is 0 Å². The Balaban J connectivity index is 1.78. The number of aromatic nitrogens is 4. The van der Waals surface area contributed by atoms with Gasteiger partial charge in [0.2, 0.25) is 0 Å². The lowest BCUT2D eigenvalue weighted by Gasteiger charge is -2.29. The van der Waals surface area contributed by atoms with Gasteiger partial charge in [0.1, 0.15) is 6.33 Å². The fraction of sp³-hybridized carbons (Fsp3) is 0.500. The number of nitrogens with zero attached hydrogens (tertiary/aromatic N) is 4. The summed E-state index contributed by atoms with van der Waals surface area (Å²) in [5, 5.41) is 3.65. The zero-order chi connectivity index (χ0) is 13.1. The lowest BCUT2D eigenvalue weighted by molar-refractivity contribution is 0.330. The molecule has 0 bridgehead atoms. The van der Waals surface area contributed by atoms with E-state index in [1.807, 2.05) is 18.6 Å². The van der Waals surface area contributed by atoms with Crippen LogP contribution in [0, 0.1) is 0 Å². The molecular weight excluding hydrogens is 238 g/mol. The first-order valence-electron chi connectivity index (χ1n) is 6.84. The fourth-order valence-corrected chi connectivity index (χ4v) is 2.71. The van der Waals surface area contributed by atoms with Gasteiger partial charge in [-0.2, -0.15) is 0 Å². The van der Waals surface area contributed by atoms with Crippen LogP contribution in [0.2, 0.25) is 0 Å². The summed E-state index contributed by atoms with van der Waals surface area (Å²) < 4.78 is 2.18. The van der Waals surface area contributed by atoms with Gasteiger partial charge in [-0.3, -0.25) is 0 Å². The topological polar surface area (TPSA) is 55.6 Å². The summed E-state index contributed by atoms with van der Waals surface area (Å²) in [6.45, 7) is 3.00. The van der Waals surface area contributed by atoms with Gasteiger partial charge in [-0.25, -0.2) is 15.0 Å². The summed E-state index contributed by atoms with van der Waals surface area (Å²) in [5.41, 5.74) is 2.27. The van der Waals surface area contributed by atoms with Gasteiger partial charge in [-0.05, 0) is 32.3 Å². The van der Waals surface area contributed by atoms with Crippen LogP contribution in [-0.4, -0.2) is 25.6 Å². The van der Waals surface area contributed by atoms with Gasteiger partial charge in [-0.15, -0.1) is 0 Å². The molecule has 5 nitrogen and oxygen atoms in total. The molecular formula is C14H19N5. The number of nitrogens with one attached hydrogen (secondary N) is 1. The SMILES string of the molecule is CC1CCCC(c2cncn2Cc2ccncn2)N1. The predicted octanol–water partition coefficient (Wildman–Crippen LogP) is 1.92. The molecule has 0 spiro atoms. The lowest BCUT2D eigenvalue weighted by atomic mass is 9.97. The fourth-order valence-electron chi connectivity index (χ4n) is 2.71. The Morgan fingerprint density at radius 1 is 1.37 bits per heavy atom. The second kappa shape index (κ2) is 5.48. The molecule has 0 amide bonds. The van der Waals surface area contributed by atoms with Gasteiger partial charge in [0.25, 0.3) is 0 Å². The Morgan fingerprint density at radius 3 is 3.11 bits per heavy atom. The minimum absolute atomic E-state index is 0.410. The van der Waals surface area contributed by atoms with Crippen molar-refractivity contribution in [1.29, 1.82) is 0 Å². The summed E-state index contributed by atoms with van der Waals surface area (Å²) in [5.74, 6) is 0. The molecule has 19 heavy (non-hydrogen) atoms. The van der Waals surface area contributed by atoms with Crippen molar-refractivity contribution < 1.29 is 0 Å². The summed E-state index contributed by atoms with van der Waals surface area (Å²) in [6.07, 6.45) is 10.9. The highest BCUT2D eigenvalue weighted by Gasteiger charge is 2.22. The third-order valence-corrected chi connectivity index (χ3v) is 3.69. The molecule has 0 aromatic carbocycles. The van der Waals surface area contributed by atoms with Crippen LogP contribution in [-0.2, 0) is 6.54 Å². The van der Waals surface area contributed by atoms with E-state index in [1.54, 1.807) is 12.5 Å². The average Bonchev–Trinajstić information content (AvgIpc) is 2.88. The van der Waals surface area contributed by atoms with E-state index in [4.69, 9.17) is 0 Å². The van der Waals surface area contributed by atoms with Crippen LogP contribution in [0.15, 0.2) is 31.1 Å². The van der Waals surface area contributed by atoms with Crippen molar-refractivity contribution in [2.45, 2.75) is 44.8 Å². The molecule has 5 heteroatoms. The molecule has 1 aliphatic rings. The predicted molar refractivity (Wildman–Crippen MR) is 72.6 cm³/mol. The number of rotatable bonds is 3. The van der Waals surface area contributed by atoms with Crippen molar-refractivity contribution in [3.63, 3.8) is 0 Å². The Kier molecular flexibility index (Phi) is 3.55. The molecule has 0 aliphatic carbocycles. The molecule has 2 aromatic heterocycles. The van der Waals surface area contributed by atoms with E-state index in [-0.39, 0.29) is 0 Å². The molecule has 2 atom stereocenters. The van der Waals surface area contributed by atoms with E-state index < -0.39 is 0 Å². The number of hydrogen-bond acceptors (Lipinski definition) is 4. The third-order valence-electron chi connectivity index (χ3n) is 3.69. The highest BCUT2D eigenvalue weighted by atomic mass is 15.1. The van der Waals surface area contributed by atoms with Gasteiger partial charge >= 0.3 is 0 Å². The van der Waals surface area contributed by atoms with Crippen LogP contribution in [0.25, 0.3) is 0 Å². The highest BCUT2D eigenvalue weighted by molar-refractivity contribution is 5.10. The molecule has 1 N–H and O–H groups in total. The van der Waals surface area contributed by atoms with Crippen LogP contribution < -0.4 is 5.32 Å². The average molecular weight is 257 g/mol. The van der Waals surface area contributed by atoms with Crippen molar-refractivity contribution in [2.24, 2.45) is 0 Å². The monoisotopic (exact) mass is 257 g/mol. The molecule has 1 aliphatic heterocycles.